The van der Waals surface area contributed by atoms with E-state index in [0.29, 0.717) is 0 Å². The smallest absolute Gasteiger partial charge is 1.00 e. The van der Waals surface area contributed by atoms with Gasteiger partial charge in [-0.05, 0) is 0 Å². The van der Waals surface area contributed by atoms with Crippen LogP contribution in [-0.2, 0) is 0 Å². The maximum atomic E-state index is 8.25. The fourth-order valence-corrected chi connectivity index (χ4v) is 0. The molecule has 25 heavy (non-hydrogen) atoms. The van der Waals surface area contributed by atoms with Crippen molar-refractivity contribution in [2.24, 2.45) is 0 Å². The first kappa shape index (κ1) is 215. The molecule has 0 aromatic heterocycles. The molecule has 0 spiro atoms. The third kappa shape index (κ3) is 956. The fraction of sp³-hybridized carbons (Fsp3) is 0. The molecule has 0 heterocycles. The molecule has 25 heteroatoms. The Hall–Kier alpha value is 4.60. The van der Waals surface area contributed by atoms with Crippen molar-refractivity contribution in [3.8, 4) is 0 Å². The van der Waals surface area contributed by atoms with Gasteiger partial charge >= 0.3 is 197 Å². The van der Waals surface area contributed by atoms with Crippen molar-refractivity contribution in [1.29, 1.82) is 0 Å². The number of halogens is 1. The van der Waals surface area contributed by atoms with E-state index in [0.717, 1.165) is 0 Å². The quantitative estimate of drug-likeness (QED) is 0.157. The minimum Gasteiger partial charge on any atom is -1.00 e. The van der Waals surface area contributed by atoms with Crippen molar-refractivity contribution < 1.29 is 234 Å². The van der Waals surface area contributed by atoms with Crippen molar-refractivity contribution in [3.05, 3.63) is 30.6 Å². The maximum absolute atomic E-state index is 8.25. The molecule has 0 aromatic carbocycles. The summed E-state index contributed by atoms with van der Waals surface area (Å²) >= 11 is 0. The average molecular weight is 551 g/mol. The van der Waals surface area contributed by atoms with Gasteiger partial charge in [-0.1, -0.05) is 0 Å². The second kappa shape index (κ2) is 194. The first-order valence-corrected chi connectivity index (χ1v) is 1.10. The third-order valence-corrected chi connectivity index (χ3v) is 0. The maximum Gasteiger partial charge on any atom is 2.00 e. The van der Waals surface area contributed by atoms with Crippen LogP contribution in [0.5, 0.6) is 0 Å². The second-order valence-corrected chi connectivity index (χ2v) is 0.447. The van der Waals surface area contributed by atoms with E-state index in [1.165, 1.54) is 0 Å². The zero-order valence-electron chi connectivity index (χ0n) is 13.8. The predicted octanol–water partition coefficient (Wildman–Crippen LogP) is -23.6. The molecule has 0 saturated carbocycles. The first-order valence-electron chi connectivity index (χ1n) is 1.10. The van der Waals surface area contributed by atoms with Crippen molar-refractivity contribution in [3.63, 3.8) is 0 Å². The largest absolute Gasteiger partial charge is 2.00 e. The number of rotatable bonds is 0. The van der Waals surface area contributed by atoms with Gasteiger partial charge in [0.05, 0.1) is 10.2 Å². The Bertz CT molecular complexity index is 101. The summed E-state index contributed by atoms with van der Waals surface area (Å²) in [5.74, 6) is 0. The molecule has 0 aliphatic heterocycles. The molecular formula is H20ClK2LiN2NaO17Sr+. The summed E-state index contributed by atoms with van der Waals surface area (Å²) < 4.78 is 0. The van der Waals surface area contributed by atoms with Crippen molar-refractivity contribution in [1.82, 2.24) is 0 Å². The molecule has 0 bridgehead atoms. The molecule has 0 rings (SSSR count). The van der Waals surface area contributed by atoms with E-state index >= 15 is 0 Å². The second-order valence-electron chi connectivity index (χ2n) is 0.447. The minimum absolute atomic E-state index is 0. The third-order valence-electron chi connectivity index (χ3n) is 0. The van der Waals surface area contributed by atoms with Crippen molar-refractivity contribution >= 4 is 45.5 Å². The van der Waals surface area contributed by atoms with Gasteiger partial charge in [-0.15, -0.1) is 0 Å². The van der Waals surface area contributed by atoms with Crippen molar-refractivity contribution in [2.45, 2.75) is 0 Å². The standard InChI is InChI=1S/ClH.2K.Li.2NO3.Na.11H2O.Sr/c;;;;2*2-1(3)4;;;;;;;;;;;;;/h1H;;;;;;;11*1H2;/q;3*+1;2*-1;+1;;;;;;;;;;;;+2/p-3. The van der Waals surface area contributed by atoms with Crippen LogP contribution >= 0.6 is 0 Å². The van der Waals surface area contributed by atoms with E-state index in [1.54, 1.807) is 0 Å². The predicted molar refractivity (Wildman–Crippen MR) is 62.9 cm³/mol. The molecule has 20 N–H and O–H groups in total. The number of hydrogen-bond acceptors (Lipinski definition) is 8. The normalized spacial score (nSPS) is 1.92. The van der Waals surface area contributed by atoms with Crippen LogP contribution in [0.15, 0.2) is 0 Å². The van der Waals surface area contributed by atoms with Crippen LogP contribution in [0.4, 0.5) is 0 Å². The molecule has 0 aromatic rings. The molecule has 0 radical (unpaired) electrons. The SMILES string of the molecule is O.O.O.O.O.O.O.O.O.O=[N+]([O-])[O-].O=[N+]([O-])[O-].[Cl-].[K+].[K+].[Li+].[Na+].[OH-].[OH-].[Sr+2]. The van der Waals surface area contributed by atoms with Gasteiger partial charge < -0.3 is 103 Å². The zero-order valence-corrected chi connectivity index (χ0v) is 26.3. The molecule has 0 aliphatic rings. The molecule has 0 aliphatic carbocycles. The molecule has 0 amide bonds. The zero-order chi connectivity index (χ0) is 7.15. The summed E-state index contributed by atoms with van der Waals surface area (Å²) in [7, 11) is 0. The Morgan fingerprint density at radius 3 is 0.520 bits per heavy atom. The van der Waals surface area contributed by atoms with Crippen LogP contribution in [0.25, 0.3) is 0 Å². The Morgan fingerprint density at radius 2 is 0.520 bits per heavy atom. The Kier molecular flexibility index (Phi) is 1670. The molecule has 0 saturated heterocycles. The number of hydrogen-bond donors (Lipinski definition) is 0. The van der Waals surface area contributed by atoms with Gasteiger partial charge in [0, 0.05) is 0 Å². The van der Waals surface area contributed by atoms with E-state index < -0.39 is 10.2 Å². The van der Waals surface area contributed by atoms with E-state index in [9.17, 15) is 0 Å². The van der Waals surface area contributed by atoms with E-state index in [2.05, 4.69) is 0 Å². The van der Waals surface area contributed by atoms with Gasteiger partial charge in [-0.3, -0.25) is 0 Å². The molecule has 0 unspecified atom stereocenters. The van der Waals surface area contributed by atoms with E-state index in [4.69, 9.17) is 30.6 Å². The van der Waals surface area contributed by atoms with Gasteiger partial charge in [-0.25, -0.2) is 0 Å². The Balaban J connectivity index is -0.00000000101. The summed E-state index contributed by atoms with van der Waals surface area (Å²) in [6.45, 7) is 0. The average Bonchev–Trinajstić information content (AvgIpc) is 1.25. The molecule has 0 fully saturated rings. The van der Waals surface area contributed by atoms with Crippen LogP contribution in [0.1, 0.15) is 0 Å². The molecule has 144 valence electrons. The Labute approximate surface area is 303 Å². The van der Waals surface area contributed by atoms with Gasteiger partial charge in [0.25, 0.3) is 0 Å². The van der Waals surface area contributed by atoms with Gasteiger partial charge in [0.1, 0.15) is 0 Å². The van der Waals surface area contributed by atoms with Crippen LogP contribution in [0, 0.1) is 30.6 Å². The number of nitrogens with zero attached hydrogens (tertiary/aromatic N) is 2. The molecule has 0 atom stereocenters. The summed E-state index contributed by atoms with van der Waals surface area (Å²) in [5.41, 5.74) is 0. The van der Waals surface area contributed by atoms with Crippen molar-refractivity contribution in [2.75, 3.05) is 0 Å². The first-order chi connectivity index (χ1) is 3.46. The Morgan fingerprint density at radius 1 is 0.520 bits per heavy atom. The van der Waals surface area contributed by atoms with Gasteiger partial charge in [0.2, 0.25) is 0 Å². The summed E-state index contributed by atoms with van der Waals surface area (Å²) in [6, 6.07) is 0. The monoisotopic (exact) mass is 551 g/mol. The van der Waals surface area contributed by atoms with Crippen LogP contribution in [0.3, 0.4) is 0 Å². The topological polar surface area (TPSA) is 476 Å². The fourth-order valence-electron chi connectivity index (χ4n) is 0. The van der Waals surface area contributed by atoms with Crippen LogP contribution in [0.2, 0.25) is 0 Å². The van der Waals surface area contributed by atoms with E-state index in [-0.39, 0.29) is 269 Å². The van der Waals surface area contributed by atoms with Crippen LogP contribution < -0.4 is 164 Å². The van der Waals surface area contributed by atoms with Gasteiger partial charge in [0.15, 0.2) is 0 Å². The molecular weight excluding hydrogens is 531 g/mol. The van der Waals surface area contributed by atoms with E-state index in [1.807, 2.05) is 0 Å². The van der Waals surface area contributed by atoms with Gasteiger partial charge in [-0.2, -0.15) is 0 Å². The summed E-state index contributed by atoms with van der Waals surface area (Å²) in [5, 5.41) is 29.5. The summed E-state index contributed by atoms with van der Waals surface area (Å²) in [4.78, 5) is 16.5. The summed E-state index contributed by atoms with van der Waals surface area (Å²) in [6.07, 6.45) is 0. The van der Waals surface area contributed by atoms with Crippen LogP contribution in [-0.4, -0.2) is 116 Å². The molecule has 19 nitrogen and oxygen atoms in total. The minimum atomic E-state index is -1.75.